The summed E-state index contributed by atoms with van der Waals surface area (Å²) in [4.78, 5) is 2.55. The molecule has 16 heavy (non-hydrogen) atoms. The van der Waals surface area contributed by atoms with Gasteiger partial charge in [-0.05, 0) is 44.8 Å². The van der Waals surface area contributed by atoms with Crippen LogP contribution in [0.4, 0.5) is 0 Å². The van der Waals surface area contributed by atoms with E-state index >= 15 is 0 Å². The fraction of sp³-hybridized carbons (Fsp3) is 0.600. The zero-order valence-corrected chi connectivity index (χ0v) is 11.0. The van der Waals surface area contributed by atoms with Crippen LogP contribution in [0.3, 0.4) is 0 Å². The Morgan fingerprint density at radius 1 is 1.06 bits per heavy atom. The van der Waals surface area contributed by atoms with E-state index in [1.807, 2.05) is 13.8 Å². The van der Waals surface area contributed by atoms with E-state index in [9.17, 15) is 0 Å². The van der Waals surface area contributed by atoms with Crippen molar-refractivity contribution in [2.24, 2.45) is 0 Å². The van der Waals surface area contributed by atoms with Crippen molar-refractivity contribution in [3.63, 3.8) is 0 Å². The van der Waals surface area contributed by atoms with Gasteiger partial charge in [0.1, 0.15) is 0 Å². The molecule has 1 aliphatic heterocycles. The standard InChI is InChI=1S/C13H19N.C2H6/c1-12-5-4-6-13(8-7-12)11-14-9-2-3-10-14;1-2/h5-8H,2-4,9-11H2,1H3;1-2H3. The SMILES string of the molecule is CC.CC1=CCC=C(CN2CCCC2)C=C1. The van der Waals surface area contributed by atoms with Gasteiger partial charge in [0.25, 0.3) is 0 Å². The lowest BCUT2D eigenvalue weighted by atomic mass is 10.2. The summed E-state index contributed by atoms with van der Waals surface area (Å²) < 4.78 is 0. The maximum Gasteiger partial charge on any atom is 0.0230 e. The lowest BCUT2D eigenvalue weighted by Crippen LogP contribution is -2.21. The predicted octanol–water partition coefficient (Wildman–Crippen LogP) is 3.94. The van der Waals surface area contributed by atoms with Gasteiger partial charge in [0.05, 0.1) is 0 Å². The summed E-state index contributed by atoms with van der Waals surface area (Å²) in [6.07, 6.45) is 13.0. The third-order valence-electron chi connectivity index (χ3n) is 2.99. The molecule has 1 saturated heterocycles. The van der Waals surface area contributed by atoms with Gasteiger partial charge in [-0.3, -0.25) is 4.90 Å². The van der Waals surface area contributed by atoms with E-state index in [1.54, 1.807) is 0 Å². The van der Waals surface area contributed by atoms with Crippen LogP contribution >= 0.6 is 0 Å². The van der Waals surface area contributed by atoms with Crippen LogP contribution in [0.1, 0.15) is 40.0 Å². The summed E-state index contributed by atoms with van der Waals surface area (Å²) in [6.45, 7) is 9.90. The largest absolute Gasteiger partial charge is 0.299 e. The zero-order chi connectivity index (χ0) is 11.8. The predicted molar refractivity (Wildman–Crippen MR) is 72.6 cm³/mol. The van der Waals surface area contributed by atoms with Crippen molar-refractivity contribution in [1.82, 2.24) is 4.90 Å². The first-order valence-electron chi connectivity index (χ1n) is 6.61. The first-order chi connectivity index (χ1) is 7.84. The first kappa shape index (κ1) is 13.2. The van der Waals surface area contributed by atoms with Crippen LogP contribution in [-0.2, 0) is 0 Å². The zero-order valence-electron chi connectivity index (χ0n) is 11.0. The monoisotopic (exact) mass is 219 g/mol. The lowest BCUT2D eigenvalue weighted by Gasteiger charge is -2.14. The second-order valence-electron chi connectivity index (χ2n) is 4.28. The van der Waals surface area contributed by atoms with Crippen molar-refractivity contribution in [2.75, 3.05) is 19.6 Å². The average Bonchev–Trinajstić information content (AvgIpc) is 2.73. The molecule has 1 fully saturated rings. The molecule has 90 valence electrons. The molecule has 0 aromatic heterocycles. The highest BCUT2D eigenvalue weighted by Crippen LogP contribution is 2.14. The normalized spacial score (nSPS) is 20.7. The highest BCUT2D eigenvalue weighted by molar-refractivity contribution is 5.31. The second kappa shape index (κ2) is 7.45. The van der Waals surface area contributed by atoms with Crippen molar-refractivity contribution in [3.05, 3.63) is 35.5 Å². The third-order valence-corrected chi connectivity index (χ3v) is 2.99. The Labute approximate surface area is 101 Å². The molecule has 0 unspecified atom stereocenters. The molecule has 0 radical (unpaired) electrons. The van der Waals surface area contributed by atoms with Crippen molar-refractivity contribution in [3.8, 4) is 0 Å². The number of nitrogens with zero attached hydrogens (tertiary/aromatic N) is 1. The Bertz CT molecular complexity index is 278. The highest BCUT2D eigenvalue weighted by atomic mass is 15.1. The maximum absolute atomic E-state index is 2.55. The van der Waals surface area contributed by atoms with Crippen LogP contribution in [-0.4, -0.2) is 24.5 Å². The molecular formula is C15H25N. The third kappa shape index (κ3) is 4.36. The van der Waals surface area contributed by atoms with Gasteiger partial charge in [0.15, 0.2) is 0 Å². The van der Waals surface area contributed by atoms with Crippen molar-refractivity contribution in [1.29, 1.82) is 0 Å². The molecule has 0 amide bonds. The summed E-state index contributed by atoms with van der Waals surface area (Å²) in [5.41, 5.74) is 2.87. The molecule has 0 N–H and O–H groups in total. The van der Waals surface area contributed by atoms with Crippen LogP contribution in [0.25, 0.3) is 0 Å². The van der Waals surface area contributed by atoms with Gasteiger partial charge in [0.2, 0.25) is 0 Å². The number of hydrogen-bond donors (Lipinski definition) is 0. The second-order valence-corrected chi connectivity index (χ2v) is 4.28. The van der Waals surface area contributed by atoms with E-state index in [0.717, 1.165) is 13.0 Å². The van der Waals surface area contributed by atoms with Crippen molar-refractivity contribution >= 4 is 0 Å². The van der Waals surface area contributed by atoms with E-state index in [2.05, 4.69) is 36.1 Å². The molecule has 1 heterocycles. The maximum atomic E-state index is 2.55. The average molecular weight is 219 g/mol. The molecular weight excluding hydrogens is 194 g/mol. The first-order valence-corrected chi connectivity index (χ1v) is 6.61. The molecule has 0 bridgehead atoms. The minimum absolute atomic E-state index is 1.10. The molecule has 0 aromatic carbocycles. The van der Waals surface area contributed by atoms with E-state index < -0.39 is 0 Å². The minimum atomic E-state index is 1.10. The summed E-state index contributed by atoms with van der Waals surface area (Å²) in [7, 11) is 0. The van der Waals surface area contributed by atoms with E-state index in [0.29, 0.717) is 0 Å². The number of rotatable bonds is 2. The Balaban J connectivity index is 0.000000606. The molecule has 1 heteroatoms. The minimum Gasteiger partial charge on any atom is -0.299 e. The quantitative estimate of drug-likeness (QED) is 0.680. The fourth-order valence-electron chi connectivity index (χ4n) is 2.09. The van der Waals surface area contributed by atoms with Crippen molar-refractivity contribution in [2.45, 2.75) is 40.0 Å². The van der Waals surface area contributed by atoms with Gasteiger partial charge in [-0.2, -0.15) is 0 Å². The van der Waals surface area contributed by atoms with E-state index in [4.69, 9.17) is 0 Å². The van der Waals surface area contributed by atoms with Crippen LogP contribution in [0.5, 0.6) is 0 Å². The number of allylic oxidation sites excluding steroid dienone is 4. The number of hydrogen-bond acceptors (Lipinski definition) is 1. The van der Waals surface area contributed by atoms with Gasteiger partial charge in [-0.15, -0.1) is 0 Å². The molecule has 1 aliphatic carbocycles. The topological polar surface area (TPSA) is 3.24 Å². The van der Waals surface area contributed by atoms with Crippen LogP contribution < -0.4 is 0 Å². The van der Waals surface area contributed by atoms with Gasteiger partial charge in [0, 0.05) is 6.54 Å². The summed E-state index contributed by atoms with van der Waals surface area (Å²) >= 11 is 0. The van der Waals surface area contributed by atoms with Crippen LogP contribution in [0, 0.1) is 0 Å². The summed E-state index contributed by atoms with van der Waals surface area (Å²) in [6, 6.07) is 0. The Hall–Kier alpha value is -0.820. The van der Waals surface area contributed by atoms with Crippen LogP contribution in [0.2, 0.25) is 0 Å². The summed E-state index contributed by atoms with van der Waals surface area (Å²) in [5, 5.41) is 0. The Kier molecular flexibility index (Phi) is 6.17. The Morgan fingerprint density at radius 3 is 2.44 bits per heavy atom. The molecule has 0 aromatic rings. The highest BCUT2D eigenvalue weighted by Gasteiger charge is 2.11. The van der Waals surface area contributed by atoms with Crippen molar-refractivity contribution < 1.29 is 0 Å². The van der Waals surface area contributed by atoms with E-state index in [-0.39, 0.29) is 0 Å². The lowest BCUT2D eigenvalue weighted by molar-refractivity contribution is 0.371. The molecule has 2 rings (SSSR count). The van der Waals surface area contributed by atoms with Gasteiger partial charge in [-0.1, -0.05) is 43.7 Å². The van der Waals surface area contributed by atoms with E-state index in [1.165, 1.54) is 37.1 Å². The van der Waals surface area contributed by atoms with Gasteiger partial charge >= 0.3 is 0 Å². The molecule has 0 atom stereocenters. The fourth-order valence-corrected chi connectivity index (χ4v) is 2.09. The van der Waals surface area contributed by atoms with Gasteiger partial charge in [-0.25, -0.2) is 0 Å². The molecule has 0 saturated carbocycles. The molecule has 0 spiro atoms. The smallest absolute Gasteiger partial charge is 0.0230 e. The summed E-state index contributed by atoms with van der Waals surface area (Å²) in [5.74, 6) is 0. The molecule has 1 nitrogen and oxygen atoms in total. The Morgan fingerprint density at radius 2 is 1.75 bits per heavy atom. The molecule has 2 aliphatic rings. The number of likely N-dealkylation sites (tertiary alicyclic amines) is 1. The van der Waals surface area contributed by atoms with Crippen LogP contribution in [0.15, 0.2) is 35.5 Å². The van der Waals surface area contributed by atoms with Gasteiger partial charge < -0.3 is 0 Å².